The number of thioether (sulfide) groups is 1. The average molecular weight is 494 g/mol. The van der Waals surface area contributed by atoms with Crippen molar-refractivity contribution in [1.29, 1.82) is 0 Å². The Labute approximate surface area is 200 Å². The molecule has 3 rings (SSSR count). The Morgan fingerprint density at radius 2 is 2.00 bits per heavy atom. The summed E-state index contributed by atoms with van der Waals surface area (Å²) in [4.78, 5) is 63.9. The third-order valence-electron chi connectivity index (χ3n) is 5.58. The van der Waals surface area contributed by atoms with E-state index in [0.717, 1.165) is 0 Å². The summed E-state index contributed by atoms with van der Waals surface area (Å²) in [7, 11) is 1.20. The summed E-state index contributed by atoms with van der Waals surface area (Å²) in [6, 6.07) is 3.50. The smallest absolute Gasteiger partial charge is 0.338 e. The highest BCUT2D eigenvalue weighted by Gasteiger charge is 2.39. The van der Waals surface area contributed by atoms with Crippen LogP contribution < -0.4 is 10.6 Å². The molecule has 12 heteroatoms. The zero-order valence-corrected chi connectivity index (χ0v) is 19.6. The Morgan fingerprint density at radius 3 is 2.71 bits per heavy atom. The second kappa shape index (κ2) is 11.3. The number of carbonyl (C=O) groups is 5. The zero-order valence-electron chi connectivity index (χ0n) is 18.8. The number of ether oxygens (including phenoxy) is 2. The van der Waals surface area contributed by atoms with Gasteiger partial charge in [-0.15, -0.1) is 0 Å². The second-order valence-electron chi connectivity index (χ2n) is 7.99. The molecular formula is C22H27N3O8S. The summed E-state index contributed by atoms with van der Waals surface area (Å²) in [6.07, 6.45) is -0.867. The van der Waals surface area contributed by atoms with Gasteiger partial charge in [0, 0.05) is 31.4 Å². The molecule has 1 saturated heterocycles. The highest BCUT2D eigenvalue weighted by atomic mass is 32.2. The summed E-state index contributed by atoms with van der Waals surface area (Å²) in [5, 5.41) is 14.9. The Bertz CT molecular complexity index is 971. The molecule has 4 atom stereocenters. The summed E-state index contributed by atoms with van der Waals surface area (Å²) >= 11 is 1.32. The van der Waals surface area contributed by atoms with E-state index in [9.17, 15) is 29.1 Å². The number of nitrogens with one attached hydrogen (secondary N) is 2. The third kappa shape index (κ3) is 6.06. The lowest BCUT2D eigenvalue weighted by molar-refractivity contribution is -0.145. The third-order valence-corrected chi connectivity index (χ3v) is 6.67. The second-order valence-corrected chi connectivity index (χ2v) is 9.02. The first-order valence-electron chi connectivity index (χ1n) is 10.7. The maximum Gasteiger partial charge on any atom is 0.338 e. The van der Waals surface area contributed by atoms with E-state index in [1.807, 2.05) is 0 Å². The number of benzene rings is 1. The first-order chi connectivity index (χ1) is 16.2. The first kappa shape index (κ1) is 25.5. The number of cyclic esters (lactones) is 1. The van der Waals surface area contributed by atoms with Crippen LogP contribution in [0.25, 0.3) is 0 Å². The van der Waals surface area contributed by atoms with Gasteiger partial charge in [-0.25, -0.2) is 9.59 Å². The number of β-amino-alcohol motifs (C(OH)–C–C–N with tert-alkyl or cyclic N) is 1. The van der Waals surface area contributed by atoms with E-state index in [1.165, 1.54) is 30.7 Å². The van der Waals surface area contributed by atoms with E-state index in [1.54, 1.807) is 24.3 Å². The summed E-state index contributed by atoms with van der Waals surface area (Å²) in [6.45, 7) is 0.775. The number of esters is 2. The van der Waals surface area contributed by atoms with E-state index in [4.69, 9.17) is 9.47 Å². The van der Waals surface area contributed by atoms with Gasteiger partial charge in [0.2, 0.25) is 17.7 Å². The predicted octanol–water partition coefficient (Wildman–Crippen LogP) is -0.785. The molecule has 0 saturated carbocycles. The Kier molecular flexibility index (Phi) is 8.51. The number of hydrogen-bond donors (Lipinski definition) is 3. The lowest BCUT2D eigenvalue weighted by Gasteiger charge is -2.26. The van der Waals surface area contributed by atoms with Gasteiger partial charge in [0.25, 0.3) is 0 Å². The highest BCUT2D eigenvalue weighted by Crippen LogP contribution is 2.21. The Hall–Kier alpha value is -3.12. The van der Waals surface area contributed by atoms with Crippen molar-refractivity contribution in [2.24, 2.45) is 0 Å². The fourth-order valence-corrected chi connectivity index (χ4v) is 4.86. The number of aliphatic hydroxyl groups excluding tert-OH is 1. The number of fused-ring (bicyclic) bond motifs is 1. The molecule has 2 aliphatic heterocycles. The van der Waals surface area contributed by atoms with E-state index in [2.05, 4.69) is 10.6 Å². The van der Waals surface area contributed by atoms with Crippen LogP contribution in [-0.2, 0) is 34.4 Å². The molecule has 3 N–H and O–H groups in total. The quantitative estimate of drug-likeness (QED) is 0.460. The number of likely N-dealkylation sites (tertiary alicyclic amines) is 1. The van der Waals surface area contributed by atoms with Crippen LogP contribution >= 0.6 is 11.8 Å². The Morgan fingerprint density at radius 1 is 1.26 bits per heavy atom. The van der Waals surface area contributed by atoms with Gasteiger partial charge in [0.05, 0.1) is 18.8 Å². The number of amides is 3. The van der Waals surface area contributed by atoms with Crippen LogP contribution in [0, 0.1) is 0 Å². The minimum absolute atomic E-state index is 0.00229. The van der Waals surface area contributed by atoms with Crippen LogP contribution in [0.5, 0.6) is 0 Å². The number of nitrogens with zero attached hydrogens (tertiary/aromatic N) is 1. The van der Waals surface area contributed by atoms with Crippen LogP contribution in [0.1, 0.15) is 29.3 Å². The fraction of sp³-hybridized carbons (Fsp3) is 0.500. The van der Waals surface area contributed by atoms with Crippen LogP contribution in [0.3, 0.4) is 0 Å². The van der Waals surface area contributed by atoms with Gasteiger partial charge in [-0.3, -0.25) is 14.4 Å². The molecule has 1 fully saturated rings. The van der Waals surface area contributed by atoms with Crippen LogP contribution in [-0.4, -0.2) is 89.9 Å². The Balaban J connectivity index is 1.84. The van der Waals surface area contributed by atoms with E-state index >= 15 is 0 Å². The van der Waals surface area contributed by atoms with Gasteiger partial charge >= 0.3 is 11.9 Å². The number of methoxy groups -OCH3 is 1. The van der Waals surface area contributed by atoms with Crippen molar-refractivity contribution in [1.82, 2.24) is 15.5 Å². The van der Waals surface area contributed by atoms with Crippen molar-refractivity contribution in [3.63, 3.8) is 0 Å². The van der Waals surface area contributed by atoms with Crippen molar-refractivity contribution in [2.75, 3.05) is 26.0 Å². The van der Waals surface area contributed by atoms with Crippen LogP contribution in [0.4, 0.5) is 0 Å². The molecule has 2 heterocycles. The molecular weight excluding hydrogens is 466 g/mol. The summed E-state index contributed by atoms with van der Waals surface area (Å²) in [5.41, 5.74) is 1.02. The highest BCUT2D eigenvalue weighted by molar-refractivity contribution is 7.98. The lowest BCUT2D eigenvalue weighted by atomic mass is 10.1. The summed E-state index contributed by atoms with van der Waals surface area (Å²) in [5.74, 6) is -2.57. The van der Waals surface area contributed by atoms with Gasteiger partial charge in [0.1, 0.15) is 24.7 Å². The molecule has 184 valence electrons. The topological polar surface area (TPSA) is 151 Å². The monoisotopic (exact) mass is 493 g/mol. The van der Waals surface area contributed by atoms with Crippen molar-refractivity contribution in [3.05, 3.63) is 35.4 Å². The maximum atomic E-state index is 13.0. The molecule has 0 spiro atoms. The van der Waals surface area contributed by atoms with Crippen molar-refractivity contribution in [2.45, 2.75) is 43.3 Å². The van der Waals surface area contributed by atoms with E-state index in [0.29, 0.717) is 16.9 Å². The molecule has 0 bridgehead atoms. The lowest BCUT2D eigenvalue weighted by Crippen LogP contribution is -2.57. The zero-order chi connectivity index (χ0) is 24.8. The standard InChI is InChI=1S/C22H27N3O8S/c1-12(26)25-8-14(27)7-18(25)20(29)23-16-9-33-21(30)15-6-4-3-5-13(15)10-34-11-17(22(31)32-2)24-19(16)28/h3-6,14,16-18,27H,7-11H2,1-2H3,(H,23,29)(H,24,28)/t14-,16-,17-,18+/m1/s1. The first-order valence-corrected chi connectivity index (χ1v) is 11.8. The molecule has 3 amide bonds. The van der Waals surface area contributed by atoms with Crippen LogP contribution in [0.2, 0.25) is 0 Å². The summed E-state index contributed by atoms with van der Waals surface area (Å²) < 4.78 is 10.1. The van der Waals surface area contributed by atoms with Crippen molar-refractivity contribution >= 4 is 41.4 Å². The van der Waals surface area contributed by atoms with Crippen molar-refractivity contribution < 1.29 is 38.6 Å². The molecule has 0 aromatic heterocycles. The SMILES string of the molecule is COC(=O)[C@H]1CSCc2ccccc2C(=O)OC[C@@H](NC(=O)[C@@H]2C[C@@H](O)CN2C(C)=O)C(=O)N1. The number of rotatable bonds is 3. The molecule has 1 aromatic rings. The molecule has 2 aliphatic rings. The van der Waals surface area contributed by atoms with E-state index < -0.39 is 60.5 Å². The molecule has 0 unspecified atom stereocenters. The molecule has 0 aliphatic carbocycles. The number of aliphatic hydroxyl groups is 1. The van der Waals surface area contributed by atoms with Gasteiger partial charge in [0.15, 0.2) is 0 Å². The van der Waals surface area contributed by atoms with Crippen molar-refractivity contribution in [3.8, 4) is 0 Å². The number of hydrogen-bond acceptors (Lipinski definition) is 9. The van der Waals surface area contributed by atoms with Gasteiger partial charge in [-0.05, 0) is 11.6 Å². The largest absolute Gasteiger partial charge is 0.467 e. The van der Waals surface area contributed by atoms with Crippen LogP contribution in [0.15, 0.2) is 24.3 Å². The van der Waals surface area contributed by atoms with Gasteiger partial charge in [-0.1, -0.05) is 18.2 Å². The molecule has 0 radical (unpaired) electrons. The minimum Gasteiger partial charge on any atom is -0.467 e. The molecule has 11 nitrogen and oxygen atoms in total. The van der Waals surface area contributed by atoms with E-state index in [-0.39, 0.29) is 18.7 Å². The van der Waals surface area contributed by atoms with Gasteiger partial charge < -0.3 is 30.1 Å². The average Bonchev–Trinajstić information content (AvgIpc) is 3.22. The molecule has 1 aromatic carbocycles. The fourth-order valence-electron chi connectivity index (χ4n) is 3.81. The molecule has 34 heavy (non-hydrogen) atoms. The minimum atomic E-state index is -1.34. The van der Waals surface area contributed by atoms with Gasteiger partial charge in [-0.2, -0.15) is 11.8 Å². The number of carbonyl (C=O) groups excluding carboxylic acids is 5. The maximum absolute atomic E-state index is 13.0. The normalized spacial score (nSPS) is 25.7. The predicted molar refractivity (Wildman–Crippen MR) is 121 cm³/mol.